The normalized spacial score (nSPS) is 14.0. The molecule has 0 spiro atoms. The topological polar surface area (TPSA) is 76.6 Å². The lowest BCUT2D eigenvalue weighted by Gasteiger charge is -2.39. The number of likely N-dealkylation sites (tertiary alicyclic amines) is 1. The molecule has 2 aromatic rings. The van der Waals surface area contributed by atoms with Gasteiger partial charge in [0.2, 0.25) is 5.95 Å². The summed E-state index contributed by atoms with van der Waals surface area (Å²) in [5.41, 5.74) is 0. The number of hydrogen-bond acceptors (Lipinski definition) is 6. The van der Waals surface area contributed by atoms with E-state index >= 15 is 0 Å². The number of amides is 1. The van der Waals surface area contributed by atoms with Crippen LogP contribution >= 0.6 is 0 Å². The molecule has 2 heterocycles. The molecule has 1 aliphatic rings. The molecule has 7 heteroatoms. The molecule has 0 bridgehead atoms. The summed E-state index contributed by atoms with van der Waals surface area (Å²) in [7, 11) is 1.59. The fourth-order valence-corrected chi connectivity index (χ4v) is 2.26. The van der Waals surface area contributed by atoms with Crippen molar-refractivity contribution in [3.05, 3.63) is 42.7 Å². The number of carbonyl (C=O) groups is 1. The van der Waals surface area contributed by atoms with E-state index in [4.69, 9.17) is 9.47 Å². The molecular weight excluding hydrogens is 296 g/mol. The first-order valence-electron chi connectivity index (χ1n) is 7.33. The number of hydrogen-bond donors (Lipinski definition) is 1. The molecule has 0 saturated carbocycles. The third kappa shape index (κ3) is 3.88. The summed E-state index contributed by atoms with van der Waals surface area (Å²) < 4.78 is 10.6. The molecule has 1 aliphatic heterocycles. The number of ether oxygens (including phenoxy) is 2. The van der Waals surface area contributed by atoms with Gasteiger partial charge in [0.15, 0.2) is 6.61 Å². The lowest BCUT2D eigenvalue weighted by molar-refractivity contribution is -0.137. The van der Waals surface area contributed by atoms with Crippen LogP contribution in [-0.4, -0.2) is 53.6 Å². The van der Waals surface area contributed by atoms with Crippen LogP contribution in [0.4, 0.5) is 5.95 Å². The number of benzene rings is 1. The third-order valence-electron chi connectivity index (χ3n) is 3.54. The molecule has 1 N–H and O–H groups in total. The van der Waals surface area contributed by atoms with E-state index in [1.54, 1.807) is 42.6 Å². The highest BCUT2D eigenvalue weighted by atomic mass is 16.5. The predicted molar refractivity (Wildman–Crippen MR) is 84.5 cm³/mol. The van der Waals surface area contributed by atoms with E-state index in [0.29, 0.717) is 30.5 Å². The number of methoxy groups -OCH3 is 1. The van der Waals surface area contributed by atoms with Crippen molar-refractivity contribution in [2.75, 3.05) is 32.1 Å². The second-order valence-electron chi connectivity index (χ2n) is 5.18. The summed E-state index contributed by atoms with van der Waals surface area (Å²) in [5.74, 6) is 1.86. The van der Waals surface area contributed by atoms with Gasteiger partial charge >= 0.3 is 0 Å². The van der Waals surface area contributed by atoms with Crippen molar-refractivity contribution in [1.82, 2.24) is 14.9 Å². The van der Waals surface area contributed by atoms with Gasteiger partial charge in [0, 0.05) is 31.5 Å². The fourth-order valence-electron chi connectivity index (χ4n) is 2.26. The zero-order valence-electron chi connectivity index (χ0n) is 12.8. The highest BCUT2D eigenvalue weighted by molar-refractivity contribution is 5.79. The van der Waals surface area contributed by atoms with Crippen LogP contribution in [0.2, 0.25) is 0 Å². The Morgan fingerprint density at radius 2 is 2.00 bits per heavy atom. The van der Waals surface area contributed by atoms with Crippen molar-refractivity contribution < 1.29 is 14.3 Å². The average Bonchev–Trinajstić information content (AvgIpc) is 2.56. The van der Waals surface area contributed by atoms with Gasteiger partial charge in [-0.2, -0.15) is 0 Å². The minimum atomic E-state index is -0.0418. The lowest BCUT2D eigenvalue weighted by atomic mass is 10.1. The SMILES string of the molecule is COc1cccc(OCC(=O)N2CC(Nc3ncccn3)C2)c1. The molecule has 0 radical (unpaired) electrons. The Hall–Kier alpha value is -2.83. The maximum atomic E-state index is 12.1. The van der Waals surface area contributed by atoms with Crippen LogP contribution in [0.15, 0.2) is 42.7 Å². The van der Waals surface area contributed by atoms with E-state index in [1.165, 1.54) is 0 Å². The van der Waals surface area contributed by atoms with E-state index < -0.39 is 0 Å². The number of nitrogens with one attached hydrogen (secondary N) is 1. The van der Waals surface area contributed by atoms with Gasteiger partial charge < -0.3 is 19.7 Å². The quantitative estimate of drug-likeness (QED) is 0.863. The van der Waals surface area contributed by atoms with Gasteiger partial charge in [-0.05, 0) is 18.2 Å². The summed E-state index contributed by atoms with van der Waals surface area (Å²) in [6.45, 7) is 1.26. The van der Waals surface area contributed by atoms with Crippen molar-refractivity contribution in [3.8, 4) is 11.5 Å². The highest BCUT2D eigenvalue weighted by Crippen LogP contribution is 2.19. The van der Waals surface area contributed by atoms with Crippen molar-refractivity contribution in [3.63, 3.8) is 0 Å². The first-order chi connectivity index (χ1) is 11.2. The van der Waals surface area contributed by atoms with Crippen molar-refractivity contribution >= 4 is 11.9 Å². The summed E-state index contributed by atoms with van der Waals surface area (Å²) >= 11 is 0. The van der Waals surface area contributed by atoms with Gasteiger partial charge in [0.05, 0.1) is 13.2 Å². The lowest BCUT2D eigenvalue weighted by Crippen LogP contribution is -2.58. The van der Waals surface area contributed by atoms with E-state index in [0.717, 1.165) is 0 Å². The van der Waals surface area contributed by atoms with Gasteiger partial charge in [0.25, 0.3) is 5.91 Å². The smallest absolute Gasteiger partial charge is 0.260 e. The van der Waals surface area contributed by atoms with Gasteiger partial charge in [-0.15, -0.1) is 0 Å². The summed E-state index contributed by atoms with van der Waals surface area (Å²) in [5, 5.41) is 3.18. The number of anilines is 1. The molecule has 1 amide bonds. The highest BCUT2D eigenvalue weighted by Gasteiger charge is 2.31. The van der Waals surface area contributed by atoms with Crippen molar-refractivity contribution in [2.24, 2.45) is 0 Å². The largest absolute Gasteiger partial charge is 0.497 e. The van der Waals surface area contributed by atoms with Crippen LogP contribution in [0.25, 0.3) is 0 Å². The Morgan fingerprint density at radius 1 is 1.26 bits per heavy atom. The Kier molecular flexibility index (Phi) is 4.56. The van der Waals surface area contributed by atoms with Crippen molar-refractivity contribution in [1.29, 1.82) is 0 Å². The predicted octanol–water partition coefficient (Wildman–Crippen LogP) is 1.19. The van der Waals surface area contributed by atoms with E-state index in [-0.39, 0.29) is 18.6 Å². The summed E-state index contributed by atoms with van der Waals surface area (Å²) in [6.07, 6.45) is 3.36. The van der Waals surface area contributed by atoms with Gasteiger partial charge in [-0.3, -0.25) is 4.79 Å². The van der Waals surface area contributed by atoms with Crippen molar-refractivity contribution in [2.45, 2.75) is 6.04 Å². The second kappa shape index (κ2) is 6.95. The number of aromatic nitrogens is 2. The molecule has 7 nitrogen and oxygen atoms in total. The Morgan fingerprint density at radius 3 is 2.74 bits per heavy atom. The Bertz CT molecular complexity index is 659. The van der Waals surface area contributed by atoms with Gasteiger partial charge in [-0.25, -0.2) is 9.97 Å². The number of rotatable bonds is 6. The monoisotopic (exact) mass is 314 g/mol. The molecule has 23 heavy (non-hydrogen) atoms. The van der Waals surface area contributed by atoms with E-state index in [1.807, 2.05) is 12.1 Å². The minimum Gasteiger partial charge on any atom is -0.497 e. The molecule has 0 unspecified atom stereocenters. The first kappa shape index (κ1) is 15.1. The molecule has 0 aliphatic carbocycles. The molecular formula is C16H18N4O3. The maximum absolute atomic E-state index is 12.1. The number of nitrogens with zero attached hydrogens (tertiary/aromatic N) is 3. The van der Waals surface area contributed by atoms with Crippen LogP contribution < -0.4 is 14.8 Å². The molecule has 1 aromatic carbocycles. The van der Waals surface area contributed by atoms with Gasteiger partial charge in [0.1, 0.15) is 11.5 Å². The zero-order valence-corrected chi connectivity index (χ0v) is 12.8. The van der Waals surface area contributed by atoms with Crippen LogP contribution in [0.3, 0.4) is 0 Å². The molecule has 1 aromatic heterocycles. The summed E-state index contributed by atoms with van der Waals surface area (Å²) in [6, 6.07) is 9.13. The molecule has 1 saturated heterocycles. The average molecular weight is 314 g/mol. The first-order valence-corrected chi connectivity index (χ1v) is 7.33. The molecule has 0 atom stereocenters. The van der Waals surface area contributed by atoms with Crippen LogP contribution in [-0.2, 0) is 4.79 Å². The zero-order chi connectivity index (χ0) is 16.1. The Labute approximate surface area is 134 Å². The van der Waals surface area contributed by atoms with Crippen LogP contribution in [0, 0.1) is 0 Å². The van der Waals surface area contributed by atoms with Crippen LogP contribution in [0.5, 0.6) is 11.5 Å². The number of carbonyl (C=O) groups excluding carboxylic acids is 1. The summed E-state index contributed by atoms with van der Waals surface area (Å²) in [4.78, 5) is 22.0. The van der Waals surface area contributed by atoms with Gasteiger partial charge in [-0.1, -0.05) is 6.07 Å². The maximum Gasteiger partial charge on any atom is 0.260 e. The molecule has 3 rings (SSSR count). The third-order valence-corrected chi connectivity index (χ3v) is 3.54. The van der Waals surface area contributed by atoms with Crippen LogP contribution in [0.1, 0.15) is 0 Å². The standard InChI is InChI=1S/C16H18N4O3/c1-22-13-4-2-5-14(8-13)23-11-15(21)20-9-12(10-20)19-16-17-6-3-7-18-16/h2-8,12H,9-11H2,1H3,(H,17,18,19). The minimum absolute atomic E-state index is 0.0156. The van der Waals surface area contributed by atoms with E-state index in [2.05, 4.69) is 15.3 Å². The molecule has 120 valence electrons. The Balaban J connectivity index is 1.42. The molecule has 1 fully saturated rings. The second-order valence-corrected chi connectivity index (χ2v) is 5.18. The van der Waals surface area contributed by atoms with E-state index in [9.17, 15) is 4.79 Å². The fraction of sp³-hybridized carbons (Fsp3) is 0.312.